The fourth-order valence-corrected chi connectivity index (χ4v) is 4.21. The van der Waals surface area contributed by atoms with Crippen molar-refractivity contribution in [3.8, 4) is 5.75 Å². The summed E-state index contributed by atoms with van der Waals surface area (Å²) in [5.74, 6) is 0.854. The molecule has 31 heavy (non-hydrogen) atoms. The highest BCUT2D eigenvalue weighted by Crippen LogP contribution is 2.27. The smallest absolute Gasteiger partial charge is 0.410 e. The van der Waals surface area contributed by atoms with Crippen LogP contribution in [0.15, 0.2) is 53.0 Å². The topological polar surface area (TPSA) is 42.0 Å². The minimum absolute atomic E-state index is 0.143. The van der Waals surface area contributed by atoms with E-state index in [2.05, 4.69) is 52.0 Å². The van der Waals surface area contributed by atoms with E-state index in [-0.39, 0.29) is 12.1 Å². The Hall–Kier alpha value is -2.05. The molecule has 2 aromatic rings. The Labute approximate surface area is 194 Å². The van der Waals surface area contributed by atoms with Crippen molar-refractivity contribution < 1.29 is 14.3 Å². The molecule has 3 rings (SSSR count). The zero-order valence-electron chi connectivity index (χ0n) is 18.9. The third-order valence-corrected chi connectivity index (χ3v) is 5.91. The average Bonchev–Trinajstić information content (AvgIpc) is 2.71. The normalized spacial score (nSPS) is 17.5. The number of hydrogen-bond donors (Lipinski definition) is 0. The second kappa shape index (κ2) is 10.5. The van der Waals surface area contributed by atoms with Crippen LogP contribution in [-0.2, 0) is 17.8 Å². The van der Waals surface area contributed by atoms with Crippen molar-refractivity contribution in [1.82, 2.24) is 9.80 Å². The molecule has 1 saturated heterocycles. The predicted octanol–water partition coefficient (Wildman–Crippen LogP) is 5.51. The van der Waals surface area contributed by atoms with E-state index in [4.69, 9.17) is 9.47 Å². The maximum atomic E-state index is 12.4. The molecule has 168 valence electrons. The molecule has 0 aromatic heterocycles. The first-order valence-electron chi connectivity index (χ1n) is 10.9. The number of rotatable bonds is 6. The summed E-state index contributed by atoms with van der Waals surface area (Å²) in [6.07, 6.45) is 0.742. The number of nitrogens with zero attached hydrogens (tertiary/aromatic N) is 2. The Morgan fingerprint density at radius 1 is 1.10 bits per heavy atom. The molecule has 5 nitrogen and oxygen atoms in total. The molecule has 2 aromatic carbocycles. The van der Waals surface area contributed by atoms with Crippen molar-refractivity contribution in [2.75, 3.05) is 26.2 Å². The van der Waals surface area contributed by atoms with Crippen molar-refractivity contribution in [2.24, 2.45) is 0 Å². The van der Waals surface area contributed by atoms with Gasteiger partial charge in [0.15, 0.2) is 0 Å². The highest BCUT2D eigenvalue weighted by atomic mass is 79.9. The average molecular weight is 489 g/mol. The lowest BCUT2D eigenvalue weighted by Crippen LogP contribution is -2.55. The first kappa shape index (κ1) is 23.6. The lowest BCUT2D eigenvalue weighted by molar-refractivity contribution is 0.00163. The quantitative estimate of drug-likeness (QED) is 0.537. The molecule has 1 fully saturated rings. The highest BCUT2D eigenvalue weighted by molar-refractivity contribution is 9.10. The molecular weight excluding hydrogens is 456 g/mol. The maximum absolute atomic E-state index is 12.4. The third kappa shape index (κ3) is 7.25. The number of benzene rings is 2. The van der Waals surface area contributed by atoms with E-state index in [0.29, 0.717) is 13.2 Å². The number of ether oxygens (including phenoxy) is 2. The van der Waals surface area contributed by atoms with E-state index < -0.39 is 5.60 Å². The van der Waals surface area contributed by atoms with Crippen LogP contribution in [0.3, 0.4) is 0 Å². The van der Waals surface area contributed by atoms with Crippen molar-refractivity contribution in [1.29, 1.82) is 0 Å². The second-order valence-electron chi connectivity index (χ2n) is 9.11. The van der Waals surface area contributed by atoms with E-state index >= 15 is 0 Å². The van der Waals surface area contributed by atoms with Crippen LogP contribution < -0.4 is 4.74 Å². The summed E-state index contributed by atoms with van der Waals surface area (Å²) in [5.41, 5.74) is 1.96. The standard InChI is InChI=1S/C25H33BrN2O3/c1-19-17-27(14-15-28(19)24(29)31-25(2,3)4)13-12-20-10-11-23(22(26)16-20)30-18-21-8-6-5-7-9-21/h5-11,16,19H,12-15,17-18H2,1-4H3/t19-/m0/s1. The van der Waals surface area contributed by atoms with E-state index in [1.807, 2.05) is 49.9 Å². The van der Waals surface area contributed by atoms with Crippen LogP contribution in [0.25, 0.3) is 0 Å². The molecule has 1 amide bonds. The molecule has 6 heteroatoms. The number of carbonyl (C=O) groups excluding carboxylic acids is 1. The summed E-state index contributed by atoms with van der Waals surface area (Å²) in [6, 6.07) is 16.6. The molecule has 0 unspecified atom stereocenters. The van der Waals surface area contributed by atoms with Crippen molar-refractivity contribution in [3.05, 3.63) is 64.1 Å². The van der Waals surface area contributed by atoms with Gasteiger partial charge in [-0.2, -0.15) is 0 Å². The summed E-state index contributed by atoms with van der Waals surface area (Å²) in [6.45, 7) is 11.7. The molecule has 0 spiro atoms. The second-order valence-corrected chi connectivity index (χ2v) is 9.97. The van der Waals surface area contributed by atoms with E-state index in [0.717, 1.165) is 41.8 Å². The van der Waals surface area contributed by atoms with Gasteiger partial charge in [0.05, 0.1) is 4.47 Å². The van der Waals surface area contributed by atoms with Gasteiger partial charge in [-0.05, 0) is 73.3 Å². The number of hydrogen-bond acceptors (Lipinski definition) is 4. The van der Waals surface area contributed by atoms with Gasteiger partial charge in [-0.25, -0.2) is 4.79 Å². The zero-order valence-corrected chi connectivity index (χ0v) is 20.5. The van der Waals surface area contributed by atoms with Gasteiger partial charge in [0.1, 0.15) is 18.0 Å². The van der Waals surface area contributed by atoms with Crippen molar-refractivity contribution in [3.63, 3.8) is 0 Å². The van der Waals surface area contributed by atoms with Gasteiger partial charge < -0.3 is 14.4 Å². The van der Waals surface area contributed by atoms with Crippen LogP contribution >= 0.6 is 15.9 Å². The van der Waals surface area contributed by atoms with Gasteiger partial charge >= 0.3 is 6.09 Å². The van der Waals surface area contributed by atoms with Crippen LogP contribution in [0.2, 0.25) is 0 Å². The maximum Gasteiger partial charge on any atom is 0.410 e. The number of carbonyl (C=O) groups is 1. The summed E-state index contributed by atoms with van der Waals surface area (Å²) in [4.78, 5) is 16.7. The summed E-state index contributed by atoms with van der Waals surface area (Å²) < 4.78 is 12.5. The Morgan fingerprint density at radius 2 is 1.84 bits per heavy atom. The Kier molecular flexibility index (Phi) is 8.00. The molecule has 0 saturated carbocycles. The van der Waals surface area contributed by atoms with E-state index in [9.17, 15) is 4.79 Å². The number of amides is 1. The minimum atomic E-state index is -0.460. The van der Waals surface area contributed by atoms with Gasteiger partial charge in [0.25, 0.3) is 0 Å². The van der Waals surface area contributed by atoms with Crippen molar-refractivity contribution in [2.45, 2.75) is 52.4 Å². The fourth-order valence-electron chi connectivity index (χ4n) is 3.67. The Balaban J connectivity index is 1.47. The van der Waals surface area contributed by atoms with Crippen LogP contribution in [0.4, 0.5) is 4.79 Å². The minimum Gasteiger partial charge on any atom is -0.488 e. The summed E-state index contributed by atoms with van der Waals surface area (Å²) in [7, 11) is 0. The van der Waals surface area contributed by atoms with E-state index in [1.165, 1.54) is 5.56 Å². The third-order valence-electron chi connectivity index (χ3n) is 5.29. The summed E-state index contributed by atoms with van der Waals surface area (Å²) >= 11 is 3.65. The van der Waals surface area contributed by atoms with Gasteiger partial charge in [-0.15, -0.1) is 0 Å². The molecule has 0 N–H and O–H groups in total. The van der Waals surface area contributed by atoms with Crippen molar-refractivity contribution >= 4 is 22.0 Å². The monoisotopic (exact) mass is 488 g/mol. The van der Waals surface area contributed by atoms with Gasteiger partial charge in [0.2, 0.25) is 0 Å². The Morgan fingerprint density at radius 3 is 2.48 bits per heavy atom. The van der Waals surface area contributed by atoms with Crippen LogP contribution in [0, 0.1) is 0 Å². The lowest BCUT2D eigenvalue weighted by Gasteiger charge is -2.40. The molecular formula is C25H33BrN2O3. The fraction of sp³-hybridized carbons (Fsp3) is 0.480. The molecule has 1 aliphatic rings. The zero-order chi connectivity index (χ0) is 22.4. The van der Waals surface area contributed by atoms with Crippen LogP contribution in [-0.4, -0.2) is 53.7 Å². The summed E-state index contributed by atoms with van der Waals surface area (Å²) in [5, 5.41) is 0. The molecule has 0 aliphatic carbocycles. The number of halogens is 1. The lowest BCUT2D eigenvalue weighted by atomic mass is 10.1. The van der Waals surface area contributed by atoms with Gasteiger partial charge in [-0.1, -0.05) is 36.4 Å². The van der Waals surface area contributed by atoms with Crippen LogP contribution in [0.5, 0.6) is 5.75 Å². The molecule has 0 radical (unpaired) electrons. The van der Waals surface area contributed by atoms with Gasteiger partial charge in [0, 0.05) is 32.2 Å². The molecule has 1 heterocycles. The van der Waals surface area contributed by atoms with Gasteiger partial charge in [-0.3, -0.25) is 4.90 Å². The Bertz CT molecular complexity index is 867. The van der Waals surface area contributed by atoms with E-state index in [1.54, 1.807) is 0 Å². The molecule has 1 atom stereocenters. The molecule has 0 bridgehead atoms. The SMILES string of the molecule is C[C@H]1CN(CCc2ccc(OCc3ccccc3)c(Br)c2)CCN1C(=O)OC(C)(C)C. The van der Waals surface area contributed by atoms with Crippen LogP contribution in [0.1, 0.15) is 38.8 Å². The predicted molar refractivity (Wildman–Crippen MR) is 127 cm³/mol. The highest BCUT2D eigenvalue weighted by Gasteiger charge is 2.30. The first-order valence-corrected chi connectivity index (χ1v) is 11.7. The first-order chi connectivity index (χ1) is 14.7. The number of piperazine rings is 1. The molecule has 1 aliphatic heterocycles. The largest absolute Gasteiger partial charge is 0.488 e.